The Morgan fingerprint density at radius 2 is 2.05 bits per heavy atom. The van der Waals surface area contributed by atoms with Crippen molar-refractivity contribution < 1.29 is 18.6 Å². The van der Waals surface area contributed by atoms with E-state index >= 15 is 0 Å². The van der Waals surface area contributed by atoms with Gasteiger partial charge in [0.05, 0.1) is 18.4 Å². The summed E-state index contributed by atoms with van der Waals surface area (Å²) in [5.41, 5.74) is 0.0452. The molecule has 1 rings (SSSR count). The van der Waals surface area contributed by atoms with Crippen LogP contribution in [0.3, 0.4) is 0 Å². The first-order chi connectivity index (χ1) is 9.50. The van der Waals surface area contributed by atoms with E-state index in [1.165, 1.54) is 12.1 Å². The number of aliphatic hydroxyl groups excluding tert-OH is 1. The van der Waals surface area contributed by atoms with Gasteiger partial charge < -0.3 is 15.2 Å². The van der Waals surface area contributed by atoms with Gasteiger partial charge in [-0.1, -0.05) is 19.9 Å². The molecule has 1 aromatic rings. The molecule has 0 aliphatic carbocycles. The zero-order valence-electron chi connectivity index (χ0n) is 12.0. The zero-order valence-corrected chi connectivity index (χ0v) is 12.0. The average Bonchev–Trinajstić information content (AvgIpc) is 2.39. The number of benzene rings is 1. The Kier molecular flexibility index (Phi) is 7.47. The molecule has 0 bridgehead atoms. The Labute approximate surface area is 119 Å². The number of nitrogens with one attached hydrogen (secondary N) is 1. The van der Waals surface area contributed by atoms with Crippen molar-refractivity contribution in [2.45, 2.75) is 32.8 Å². The van der Waals surface area contributed by atoms with Crippen LogP contribution in [-0.4, -0.2) is 31.0 Å². The fraction of sp³-hybridized carbons (Fsp3) is 0.600. The number of rotatable bonds is 9. The van der Waals surface area contributed by atoms with Crippen molar-refractivity contribution in [3.63, 3.8) is 0 Å². The quantitative estimate of drug-likeness (QED) is 0.685. The van der Waals surface area contributed by atoms with E-state index in [2.05, 4.69) is 19.2 Å². The summed E-state index contributed by atoms with van der Waals surface area (Å²) >= 11 is 0. The summed E-state index contributed by atoms with van der Waals surface area (Å²) < 4.78 is 31.6. The van der Waals surface area contributed by atoms with Crippen LogP contribution in [-0.2, 0) is 4.74 Å². The van der Waals surface area contributed by atoms with Crippen LogP contribution in [0.4, 0.5) is 14.5 Å². The Hall–Kier alpha value is -1.20. The minimum atomic E-state index is -0.933. The zero-order chi connectivity index (χ0) is 15.0. The highest BCUT2D eigenvalue weighted by Gasteiger charge is 2.09. The number of hydrogen-bond donors (Lipinski definition) is 2. The maximum absolute atomic E-state index is 13.3. The van der Waals surface area contributed by atoms with Crippen LogP contribution >= 0.6 is 0 Å². The van der Waals surface area contributed by atoms with Crippen LogP contribution in [0.25, 0.3) is 0 Å². The summed E-state index contributed by atoms with van der Waals surface area (Å²) in [6.45, 7) is 5.19. The molecule has 20 heavy (non-hydrogen) atoms. The van der Waals surface area contributed by atoms with E-state index in [-0.39, 0.29) is 18.8 Å². The van der Waals surface area contributed by atoms with Gasteiger partial charge in [0.2, 0.25) is 0 Å². The van der Waals surface area contributed by atoms with Gasteiger partial charge in [-0.15, -0.1) is 0 Å². The fourth-order valence-corrected chi connectivity index (χ4v) is 1.74. The summed E-state index contributed by atoms with van der Waals surface area (Å²) in [6.07, 6.45) is 1.29. The van der Waals surface area contributed by atoms with Crippen LogP contribution in [0.5, 0.6) is 0 Å². The Balaban J connectivity index is 2.19. The lowest BCUT2D eigenvalue weighted by molar-refractivity contribution is 0.0409. The monoisotopic (exact) mass is 287 g/mol. The second kappa shape index (κ2) is 8.87. The molecule has 0 aromatic heterocycles. The van der Waals surface area contributed by atoms with E-state index in [9.17, 15) is 13.9 Å². The highest BCUT2D eigenvalue weighted by molar-refractivity contribution is 5.44. The molecule has 0 fully saturated rings. The molecule has 0 spiro atoms. The number of aliphatic hydroxyl groups is 1. The molecule has 0 amide bonds. The lowest BCUT2D eigenvalue weighted by atomic mass is 10.1. The predicted octanol–water partition coefficient (Wildman–Crippen LogP) is 3.19. The average molecular weight is 287 g/mol. The maximum atomic E-state index is 13.3. The summed E-state index contributed by atoms with van der Waals surface area (Å²) in [7, 11) is 0. The molecule has 0 saturated heterocycles. The van der Waals surface area contributed by atoms with E-state index in [1.54, 1.807) is 0 Å². The van der Waals surface area contributed by atoms with Crippen LogP contribution in [0, 0.1) is 17.6 Å². The predicted molar refractivity (Wildman–Crippen MR) is 75.7 cm³/mol. The molecule has 3 nitrogen and oxygen atoms in total. The summed E-state index contributed by atoms with van der Waals surface area (Å²) in [6, 6.07) is 3.89. The van der Waals surface area contributed by atoms with Gasteiger partial charge in [0.15, 0.2) is 11.6 Å². The van der Waals surface area contributed by atoms with Gasteiger partial charge in [-0.25, -0.2) is 8.78 Å². The summed E-state index contributed by atoms with van der Waals surface area (Å²) in [4.78, 5) is 0. The minimum Gasteiger partial charge on any atom is -0.389 e. The van der Waals surface area contributed by atoms with E-state index in [0.29, 0.717) is 12.5 Å². The van der Waals surface area contributed by atoms with E-state index in [0.717, 1.165) is 18.9 Å². The molecule has 5 heteroatoms. The number of ether oxygens (including phenoxy) is 1. The van der Waals surface area contributed by atoms with Crippen molar-refractivity contribution in [1.29, 1.82) is 0 Å². The van der Waals surface area contributed by atoms with Crippen LogP contribution < -0.4 is 5.32 Å². The van der Waals surface area contributed by atoms with Gasteiger partial charge in [0, 0.05) is 13.2 Å². The molecule has 114 valence electrons. The lowest BCUT2D eigenvalue weighted by Gasteiger charge is -2.14. The molecule has 1 aromatic carbocycles. The van der Waals surface area contributed by atoms with Crippen molar-refractivity contribution in [1.82, 2.24) is 0 Å². The first-order valence-corrected chi connectivity index (χ1v) is 6.94. The molecular weight excluding hydrogens is 264 g/mol. The topological polar surface area (TPSA) is 41.5 Å². The van der Waals surface area contributed by atoms with Gasteiger partial charge in [-0.05, 0) is 30.9 Å². The lowest BCUT2D eigenvalue weighted by Crippen LogP contribution is -2.25. The molecule has 0 aliphatic heterocycles. The number of hydrogen-bond acceptors (Lipinski definition) is 3. The fourth-order valence-electron chi connectivity index (χ4n) is 1.74. The minimum absolute atomic E-state index is 0.0452. The van der Waals surface area contributed by atoms with Crippen molar-refractivity contribution in [2.24, 2.45) is 5.92 Å². The number of halogens is 2. The highest BCUT2D eigenvalue weighted by atomic mass is 19.2. The van der Waals surface area contributed by atoms with Crippen molar-refractivity contribution in [3.8, 4) is 0 Å². The smallest absolute Gasteiger partial charge is 0.181 e. The molecule has 0 radical (unpaired) electrons. The Morgan fingerprint density at radius 1 is 1.30 bits per heavy atom. The van der Waals surface area contributed by atoms with E-state index in [4.69, 9.17) is 4.74 Å². The van der Waals surface area contributed by atoms with E-state index in [1.807, 2.05) is 0 Å². The molecule has 2 N–H and O–H groups in total. The molecule has 0 aliphatic rings. The Morgan fingerprint density at radius 3 is 2.75 bits per heavy atom. The SMILES string of the molecule is CC(C)CCCOCC(O)CNc1cccc(F)c1F. The third-order valence-corrected chi connectivity index (χ3v) is 2.86. The number of anilines is 1. The summed E-state index contributed by atoms with van der Waals surface area (Å²) in [5, 5.41) is 12.3. The third-order valence-electron chi connectivity index (χ3n) is 2.86. The molecular formula is C15H23F2NO2. The van der Waals surface area contributed by atoms with Crippen molar-refractivity contribution in [3.05, 3.63) is 29.8 Å². The van der Waals surface area contributed by atoms with Crippen LogP contribution in [0.1, 0.15) is 26.7 Å². The standard InChI is InChI=1S/C15H23F2NO2/c1-11(2)5-4-8-20-10-12(19)9-18-14-7-3-6-13(16)15(14)17/h3,6-7,11-12,18-19H,4-5,8-10H2,1-2H3. The van der Waals surface area contributed by atoms with Gasteiger partial charge in [-0.3, -0.25) is 0 Å². The second-order valence-electron chi connectivity index (χ2n) is 5.25. The molecule has 0 saturated carbocycles. The largest absolute Gasteiger partial charge is 0.389 e. The Bertz CT molecular complexity index is 399. The van der Waals surface area contributed by atoms with Gasteiger partial charge >= 0.3 is 0 Å². The third kappa shape index (κ3) is 6.30. The molecule has 0 heterocycles. The highest BCUT2D eigenvalue weighted by Crippen LogP contribution is 2.16. The second-order valence-corrected chi connectivity index (χ2v) is 5.25. The van der Waals surface area contributed by atoms with Crippen molar-refractivity contribution in [2.75, 3.05) is 25.1 Å². The van der Waals surface area contributed by atoms with Gasteiger partial charge in [0.25, 0.3) is 0 Å². The van der Waals surface area contributed by atoms with Crippen LogP contribution in [0.15, 0.2) is 18.2 Å². The normalized spacial score (nSPS) is 12.7. The first-order valence-electron chi connectivity index (χ1n) is 6.94. The van der Waals surface area contributed by atoms with Crippen LogP contribution in [0.2, 0.25) is 0 Å². The molecule has 1 unspecified atom stereocenters. The maximum Gasteiger partial charge on any atom is 0.181 e. The van der Waals surface area contributed by atoms with Gasteiger partial charge in [0.1, 0.15) is 0 Å². The van der Waals surface area contributed by atoms with E-state index < -0.39 is 17.7 Å². The first kappa shape index (κ1) is 16.9. The molecule has 1 atom stereocenters. The van der Waals surface area contributed by atoms with Gasteiger partial charge in [-0.2, -0.15) is 0 Å². The summed E-state index contributed by atoms with van der Waals surface area (Å²) in [5.74, 6) is -1.20. The van der Waals surface area contributed by atoms with Crippen molar-refractivity contribution >= 4 is 5.69 Å².